The minimum Gasteiger partial charge on any atom is -0.469 e. The smallest absolute Gasteiger partial charge is 0.308 e. The van der Waals surface area contributed by atoms with E-state index < -0.39 is 0 Å². The summed E-state index contributed by atoms with van der Waals surface area (Å²) in [4.78, 5) is 11.3. The second kappa shape index (κ2) is 4.86. The van der Waals surface area contributed by atoms with Crippen LogP contribution in [0.2, 0.25) is 0 Å². The van der Waals surface area contributed by atoms with Crippen LogP contribution >= 0.6 is 0 Å². The van der Waals surface area contributed by atoms with Gasteiger partial charge in [-0.3, -0.25) is 4.79 Å². The van der Waals surface area contributed by atoms with E-state index in [1.165, 1.54) is 7.11 Å². The fourth-order valence-corrected chi connectivity index (χ4v) is 2.03. The van der Waals surface area contributed by atoms with E-state index in [9.17, 15) is 4.79 Å². The molecule has 0 aromatic carbocycles. The second-order valence-electron chi connectivity index (χ2n) is 3.54. The van der Waals surface area contributed by atoms with Crippen molar-refractivity contribution in [2.75, 3.05) is 7.11 Å². The quantitative estimate of drug-likeness (QED) is 0.611. The van der Waals surface area contributed by atoms with E-state index in [0.717, 1.165) is 25.7 Å². The lowest BCUT2D eigenvalue weighted by molar-refractivity contribution is -0.148. The van der Waals surface area contributed by atoms with E-state index in [2.05, 4.69) is 6.07 Å². The summed E-state index contributed by atoms with van der Waals surface area (Å²) in [6.45, 7) is 0. The minimum atomic E-state index is -0.139. The maximum absolute atomic E-state index is 11.3. The van der Waals surface area contributed by atoms with Crippen molar-refractivity contribution in [2.24, 2.45) is 11.8 Å². The van der Waals surface area contributed by atoms with Crippen molar-refractivity contribution in [1.29, 1.82) is 5.26 Å². The van der Waals surface area contributed by atoms with Gasteiger partial charge >= 0.3 is 5.97 Å². The summed E-state index contributed by atoms with van der Waals surface area (Å²) >= 11 is 0. The normalized spacial score (nSPS) is 27.7. The molecule has 0 radical (unpaired) electrons. The predicted molar refractivity (Wildman–Crippen MR) is 47.7 cm³/mol. The summed E-state index contributed by atoms with van der Waals surface area (Å²) in [6.07, 6.45) is 4.59. The zero-order chi connectivity index (χ0) is 9.68. The van der Waals surface area contributed by atoms with E-state index in [4.69, 9.17) is 10.00 Å². The molecule has 1 saturated carbocycles. The number of nitriles is 1. The average Bonchev–Trinajstić information content (AvgIpc) is 2.18. The monoisotopic (exact) mass is 181 g/mol. The standard InChI is InChI=1S/C10H15NO2/c1-13-10(12)9-5-3-2-4-8(9)6-7-11/h8-9H,2-6H2,1H3/t8?,9-/m0/s1. The third-order valence-electron chi connectivity index (χ3n) is 2.77. The van der Waals surface area contributed by atoms with Crippen LogP contribution in [0.25, 0.3) is 0 Å². The van der Waals surface area contributed by atoms with Gasteiger partial charge in [-0.2, -0.15) is 5.26 Å². The zero-order valence-corrected chi connectivity index (χ0v) is 7.95. The van der Waals surface area contributed by atoms with E-state index in [-0.39, 0.29) is 17.8 Å². The number of ether oxygens (including phenoxy) is 1. The summed E-state index contributed by atoms with van der Waals surface area (Å²) in [5.41, 5.74) is 0. The molecule has 0 aromatic heterocycles. The molecule has 1 aliphatic rings. The van der Waals surface area contributed by atoms with Gasteiger partial charge in [0.05, 0.1) is 19.1 Å². The lowest BCUT2D eigenvalue weighted by atomic mass is 9.78. The Balaban J connectivity index is 2.57. The number of hydrogen-bond donors (Lipinski definition) is 0. The van der Waals surface area contributed by atoms with Gasteiger partial charge in [-0.05, 0) is 18.8 Å². The number of nitrogens with zero attached hydrogens (tertiary/aromatic N) is 1. The fraction of sp³-hybridized carbons (Fsp3) is 0.800. The molecule has 3 heteroatoms. The number of carbonyl (C=O) groups excluding carboxylic acids is 1. The first-order chi connectivity index (χ1) is 6.29. The highest BCUT2D eigenvalue weighted by molar-refractivity contribution is 5.72. The van der Waals surface area contributed by atoms with E-state index >= 15 is 0 Å². The van der Waals surface area contributed by atoms with Crippen molar-refractivity contribution < 1.29 is 9.53 Å². The molecule has 0 aromatic rings. The molecule has 0 amide bonds. The van der Waals surface area contributed by atoms with Crippen molar-refractivity contribution in [2.45, 2.75) is 32.1 Å². The van der Waals surface area contributed by atoms with Crippen molar-refractivity contribution in [3.8, 4) is 6.07 Å². The fourth-order valence-electron chi connectivity index (χ4n) is 2.03. The summed E-state index contributed by atoms with van der Waals surface area (Å²) in [5, 5.41) is 8.59. The highest BCUT2D eigenvalue weighted by Gasteiger charge is 2.31. The largest absolute Gasteiger partial charge is 0.469 e. The van der Waals surface area contributed by atoms with Crippen molar-refractivity contribution in [3.63, 3.8) is 0 Å². The molecule has 13 heavy (non-hydrogen) atoms. The predicted octanol–water partition coefficient (Wildman–Crippen LogP) is 1.88. The molecule has 2 atom stereocenters. The van der Waals surface area contributed by atoms with Crippen molar-refractivity contribution in [3.05, 3.63) is 0 Å². The van der Waals surface area contributed by atoms with Gasteiger partial charge in [0.15, 0.2) is 0 Å². The maximum Gasteiger partial charge on any atom is 0.308 e. The Morgan fingerprint density at radius 1 is 1.54 bits per heavy atom. The Labute approximate surface area is 78.7 Å². The topological polar surface area (TPSA) is 50.1 Å². The van der Waals surface area contributed by atoms with Crippen LogP contribution in [0.5, 0.6) is 0 Å². The molecule has 0 N–H and O–H groups in total. The molecule has 3 nitrogen and oxygen atoms in total. The van der Waals surface area contributed by atoms with Gasteiger partial charge in [-0.15, -0.1) is 0 Å². The highest BCUT2D eigenvalue weighted by atomic mass is 16.5. The summed E-state index contributed by atoms with van der Waals surface area (Å²) < 4.78 is 4.72. The van der Waals surface area contributed by atoms with Gasteiger partial charge < -0.3 is 4.74 Å². The molecule has 0 spiro atoms. The van der Waals surface area contributed by atoms with Gasteiger partial charge in [0, 0.05) is 6.42 Å². The lowest BCUT2D eigenvalue weighted by Crippen LogP contribution is -2.27. The first-order valence-corrected chi connectivity index (χ1v) is 4.74. The van der Waals surface area contributed by atoms with Crippen molar-refractivity contribution in [1.82, 2.24) is 0 Å². The molecule has 0 heterocycles. The number of carbonyl (C=O) groups is 1. The Kier molecular flexibility index (Phi) is 3.75. The SMILES string of the molecule is COC(=O)[C@H]1CCCCC1CC#N. The number of rotatable bonds is 2. The second-order valence-corrected chi connectivity index (χ2v) is 3.54. The zero-order valence-electron chi connectivity index (χ0n) is 7.95. The highest BCUT2D eigenvalue weighted by Crippen LogP contribution is 2.32. The Bertz CT molecular complexity index is 219. The summed E-state index contributed by atoms with van der Waals surface area (Å²) in [7, 11) is 1.42. The van der Waals surface area contributed by atoms with Crippen LogP contribution in [0.4, 0.5) is 0 Å². The van der Waals surface area contributed by atoms with E-state index in [1.54, 1.807) is 0 Å². The summed E-state index contributed by atoms with van der Waals surface area (Å²) in [5.74, 6) is 0.0598. The molecular formula is C10H15NO2. The van der Waals surface area contributed by atoms with Gasteiger partial charge in [-0.1, -0.05) is 12.8 Å². The first-order valence-electron chi connectivity index (χ1n) is 4.74. The average molecular weight is 181 g/mol. The van der Waals surface area contributed by atoms with Crippen LogP contribution in [-0.4, -0.2) is 13.1 Å². The molecule has 1 aliphatic carbocycles. The third kappa shape index (κ3) is 2.45. The Morgan fingerprint density at radius 3 is 2.85 bits per heavy atom. The molecule has 0 saturated heterocycles. The lowest BCUT2D eigenvalue weighted by Gasteiger charge is -2.27. The summed E-state index contributed by atoms with van der Waals surface area (Å²) in [6, 6.07) is 2.14. The molecule has 1 fully saturated rings. The molecular weight excluding hydrogens is 166 g/mol. The van der Waals surface area contributed by atoms with Crippen LogP contribution in [0.15, 0.2) is 0 Å². The third-order valence-corrected chi connectivity index (χ3v) is 2.77. The van der Waals surface area contributed by atoms with Gasteiger partial charge in [0.2, 0.25) is 0 Å². The van der Waals surface area contributed by atoms with E-state index in [0.29, 0.717) is 6.42 Å². The van der Waals surface area contributed by atoms with Crippen LogP contribution in [0, 0.1) is 23.2 Å². The minimum absolute atomic E-state index is 0.0293. The number of hydrogen-bond acceptors (Lipinski definition) is 3. The van der Waals surface area contributed by atoms with Crippen LogP contribution < -0.4 is 0 Å². The first kappa shape index (κ1) is 10.0. The molecule has 0 bridgehead atoms. The molecule has 1 unspecified atom stereocenters. The van der Waals surface area contributed by atoms with Crippen LogP contribution in [-0.2, 0) is 9.53 Å². The van der Waals surface area contributed by atoms with Crippen LogP contribution in [0.3, 0.4) is 0 Å². The molecule has 0 aliphatic heterocycles. The van der Waals surface area contributed by atoms with Crippen LogP contribution in [0.1, 0.15) is 32.1 Å². The number of esters is 1. The Hall–Kier alpha value is -1.04. The Morgan fingerprint density at radius 2 is 2.23 bits per heavy atom. The molecule has 1 rings (SSSR count). The maximum atomic E-state index is 11.3. The number of methoxy groups -OCH3 is 1. The molecule has 72 valence electrons. The van der Waals surface area contributed by atoms with Gasteiger partial charge in [0.25, 0.3) is 0 Å². The van der Waals surface area contributed by atoms with Crippen molar-refractivity contribution >= 4 is 5.97 Å². The van der Waals surface area contributed by atoms with E-state index in [1.807, 2.05) is 0 Å². The van der Waals surface area contributed by atoms with Gasteiger partial charge in [0.1, 0.15) is 0 Å². The van der Waals surface area contributed by atoms with Gasteiger partial charge in [-0.25, -0.2) is 0 Å².